The summed E-state index contributed by atoms with van der Waals surface area (Å²) in [4.78, 5) is 30.0. The number of nitrogens with zero attached hydrogens (tertiary/aromatic N) is 2. The molecule has 27 heavy (non-hydrogen) atoms. The van der Waals surface area contributed by atoms with E-state index in [4.69, 9.17) is 4.74 Å². The van der Waals surface area contributed by atoms with Crippen molar-refractivity contribution in [3.63, 3.8) is 0 Å². The number of para-hydroxylation sites is 2. The lowest BCUT2D eigenvalue weighted by molar-refractivity contribution is -0.115. The molecule has 0 saturated heterocycles. The fourth-order valence-electron chi connectivity index (χ4n) is 2.59. The third kappa shape index (κ3) is 4.56. The Labute approximate surface area is 161 Å². The predicted molar refractivity (Wildman–Crippen MR) is 108 cm³/mol. The predicted octanol–water partition coefficient (Wildman–Crippen LogP) is 3.16. The summed E-state index contributed by atoms with van der Waals surface area (Å²) >= 11 is 1.26. The lowest BCUT2D eigenvalue weighted by Gasteiger charge is -2.16. The Hall–Kier alpha value is -2.64. The average Bonchev–Trinajstić information content (AvgIpc) is 2.68. The third-order valence-electron chi connectivity index (χ3n) is 4.04. The first-order chi connectivity index (χ1) is 13.1. The molecule has 140 valence electrons. The van der Waals surface area contributed by atoms with E-state index in [0.717, 1.165) is 5.69 Å². The second-order valence-corrected chi connectivity index (χ2v) is 7.28. The first-order valence-electron chi connectivity index (χ1n) is 8.61. The molecular formula is C20H21N3O3S. The van der Waals surface area contributed by atoms with E-state index < -0.39 is 5.25 Å². The summed E-state index contributed by atoms with van der Waals surface area (Å²) in [6.45, 7) is 2.56. The smallest absolute Gasteiger partial charge is 0.262 e. The number of ether oxygens (including phenoxy) is 1. The molecule has 0 fully saturated rings. The Morgan fingerprint density at radius 3 is 2.63 bits per heavy atom. The fourth-order valence-corrected chi connectivity index (χ4v) is 3.53. The van der Waals surface area contributed by atoms with Crippen molar-refractivity contribution < 1.29 is 9.53 Å². The Balaban J connectivity index is 1.88. The number of anilines is 1. The molecule has 1 amide bonds. The highest BCUT2D eigenvalue weighted by Gasteiger charge is 2.19. The van der Waals surface area contributed by atoms with Gasteiger partial charge in [0, 0.05) is 12.8 Å². The largest absolute Gasteiger partial charge is 0.383 e. The lowest BCUT2D eigenvalue weighted by Crippen LogP contribution is -2.28. The second-order valence-electron chi connectivity index (χ2n) is 5.98. The maximum Gasteiger partial charge on any atom is 0.262 e. The summed E-state index contributed by atoms with van der Waals surface area (Å²) in [5, 5.41) is 3.51. The molecule has 0 saturated carbocycles. The van der Waals surface area contributed by atoms with Crippen LogP contribution in [-0.2, 0) is 16.1 Å². The molecule has 1 aromatic heterocycles. The van der Waals surface area contributed by atoms with Crippen molar-refractivity contribution in [3.8, 4) is 0 Å². The highest BCUT2D eigenvalue weighted by molar-refractivity contribution is 8.00. The minimum absolute atomic E-state index is 0.129. The van der Waals surface area contributed by atoms with Crippen LogP contribution >= 0.6 is 11.8 Å². The molecule has 0 spiro atoms. The third-order valence-corrected chi connectivity index (χ3v) is 5.13. The van der Waals surface area contributed by atoms with Crippen LogP contribution < -0.4 is 10.9 Å². The molecule has 0 aliphatic rings. The number of thioether (sulfide) groups is 1. The van der Waals surface area contributed by atoms with Crippen molar-refractivity contribution in [2.24, 2.45) is 0 Å². The van der Waals surface area contributed by atoms with Crippen LogP contribution in [0.3, 0.4) is 0 Å². The Kier molecular flexibility index (Phi) is 6.26. The van der Waals surface area contributed by atoms with E-state index in [0.29, 0.717) is 29.2 Å². The molecule has 1 heterocycles. The van der Waals surface area contributed by atoms with Crippen molar-refractivity contribution in [3.05, 3.63) is 65.0 Å². The zero-order valence-electron chi connectivity index (χ0n) is 15.2. The molecule has 0 aliphatic heterocycles. The number of fused-ring (bicyclic) bond motifs is 1. The van der Waals surface area contributed by atoms with Gasteiger partial charge in [0.15, 0.2) is 5.16 Å². The van der Waals surface area contributed by atoms with Gasteiger partial charge in [-0.25, -0.2) is 4.98 Å². The van der Waals surface area contributed by atoms with Crippen LogP contribution in [0.5, 0.6) is 0 Å². The summed E-state index contributed by atoms with van der Waals surface area (Å²) in [7, 11) is 1.59. The van der Waals surface area contributed by atoms with Gasteiger partial charge in [-0.2, -0.15) is 0 Å². The summed E-state index contributed by atoms with van der Waals surface area (Å²) in [5.41, 5.74) is 1.23. The van der Waals surface area contributed by atoms with E-state index in [9.17, 15) is 9.59 Å². The van der Waals surface area contributed by atoms with Crippen molar-refractivity contribution in [1.82, 2.24) is 9.55 Å². The molecule has 1 atom stereocenters. The van der Waals surface area contributed by atoms with Gasteiger partial charge in [-0.15, -0.1) is 0 Å². The molecule has 0 aliphatic carbocycles. The monoisotopic (exact) mass is 383 g/mol. The maximum atomic E-state index is 12.9. The van der Waals surface area contributed by atoms with E-state index in [1.54, 1.807) is 30.7 Å². The fraction of sp³-hybridized carbons (Fsp3) is 0.250. The minimum Gasteiger partial charge on any atom is -0.383 e. The minimum atomic E-state index is -0.424. The number of hydrogen-bond acceptors (Lipinski definition) is 5. The van der Waals surface area contributed by atoms with Gasteiger partial charge in [-0.05, 0) is 31.2 Å². The van der Waals surface area contributed by atoms with Crippen molar-refractivity contribution in [1.29, 1.82) is 0 Å². The van der Waals surface area contributed by atoms with E-state index in [2.05, 4.69) is 10.3 Å². The molecule has 3 aromatic rings. The quantitative estimate of drug-likeness (QED) is 0.501. The topological polar surface area (TPSA) is 73.2 Å². The normalized spacial score (nSPS) is 12.1. The molecule has 0 bridgehead atoms. The summed E-state index contributed by atoms with van der Waals surface area (Å²) in [6, 6.07) is 16.5. The Morgan fingerprint density at radius 1 is 1.19 bits per heavy atom. The number of methoxy groups -OCH3 is 1. The van der Waals surface area contributed by atoms with Crippen LogP contribution in [0.2, 0.25) is 0 Å². The zero-order chi connectivity index (χ0) is 19.2. The highest BCUT2D eigenvalue weighted by atomic mass is 32.2. The van der Waals surface area contributed by atoms with Gasteiger partial charge in [0.1, 0.15) is 0 Å². The second kappa shape index (κ2) is 8.83. The number of amides is 1. The van der Waals surface area contributed by atoms with E-state index in [-0.39, 0.29) is 11.5 Å². The zero-order valence-corrected chi connectivity index (χ0v) is 16.0. The van der Waals surface area contributed by atoms with Crippen LogP contribution in [0.4, 0.5) is 5.69 Å². The Morgan fingerprint density at radius 2 is 1.89 bits per heavy atom. The number of rotatable bonds is 7. The van der Waals surface area contributed by atoms with E-state index in [1.807, 2.05) is 42.5 Å². The molecule has 0 radical (unpaired) electrons. The molecule has 2 aromatic carbocycles. The molecule has 3 rings (SSSR count). The first-order valence-corrected chi connectivity index (χ1v) is 9.49. The number of aromatic nitrogens is 2. The summed E-state index contributed by atoms with van der Waals surface area (Å²) in [6.07, 6.45) is 0. The van der Waals surface area contributed by atoms with Gasteiger partial charge in [0.25, 0.3) is 5.56 Å². The molecule has 1 N–H and O–H groups in total. The van der Waals surface area contributed by atoms with Crippen LogP contribution in [-0.4, -0.2) is 34.4 Å². The number of benzene rings is 2. The number of hydrogen-bond donors (Lipinski definition) is 1. The van der Waals surface area contributed by atoms with Crippen molar-refractivity contribution in [2.45, 2.75) is 23.9 Å². The van der Waals surface area contributed by atoms with Crippen LogP contribution in [0.1, 0.15) is 6.92 Å². The van der Waals surface area contributed by atoms with Crippen LogP contribution in [0.25, 0.3) is 10.9 Å². The summed E-state index contributed by atoms with van der Waals surface area (Å²) in [5.74, 6) is -0.146. The SMILES string of the molecule is COCCn1c(S[C@@H](C)C(=O)Nc2ccccc2)nc2ccccc2c1=O. The first kappa shape index (κ1) is 19.1. The van der Waals surface area contributed by atoms with Gasteiger partial charge in [-0.3, -0.25) is 14.2 Å². The van der Waals surface area contributed by atoms with Gasteiger partial charge >= 0.3 is 0 Å². The van der Waals surface area contributed by atoms with Gasteiger partial charge < -0.3 is 10.1 Å². The summed E-state index contributed by atoms with van der Waals surface area (Å²) < 4.78 is 6.70. The van der Waals surface area contributed by atoms with Crippen molar-refractivity contribution >= 4 is 34.3 Å². The Bertz CT molecular complexity index is 989. The van der Waals surface area contributed by atoms with Crippen LogP contribution in [0, 0.1) is 0 Å². The number of carbonyl (C=O) groups is 1. The van der Waals surface area contributed by atoms with Gasteiger partial charge in [0.05, 0.1) is 29.3 Å². The molecule has 0 unspecified atom stereocenters. The lowest BCUT2D eigenvalue weighted by atomic mass is 10.2. The van der Waals surface area contributed by atoms with E-state index >= 15 is 0 Å². The van der Waals surface area contributed by atoms with Gasteiger partial charge in [0.2, 0.25) is 5.91 Å². The molecule has 6 nitrogen and oxygen atoms in total. The molecular weight excluding hydrogens is 362 g/mol. The maximum absolute atomic E-state index is 12.9. The van der Waals surface area contributed by atoms with Crippen LogP contribution in [0.15, 0.2) is 64.5 Å². The van der Waals surface area contributed by atoms with Crippen molar-refractivity contribution in [2.75, 3.05) is 19.0 Å². The number of carbonyl (C=O) groups excluding carboxylic acids is 1. The standard InChI is InChI=1S/C20H21N3O3S/c1-14(18(24)21-15-8-4-3-5-9-15)27-20-22-17-11-7-6-10-16(17)19(25)23(20)12-13-26-2/h3-11,14H,12-13H2,1-2H3,(H,21,24)/t14-/m0/s1. The average molecular weight is 383 g/mol. The molecule has 7 heteroatoms. The highest BCUT2D eigenvalue weighted by Crippen LogP contribution is 2.23. The van der Waals surface area contributed by atoms with E-state index in [1.165, 1.54) is 11.8 Å². The number of nitrogens with one attached hydrogen (secondary N) is 1. The van der Waals surface area contributed by atoms with Gasteiger partial charge in [-0.1, -0.05) is 42.1 Å².